The molecule has 1 aromatic rings. The lowest BCUT2D eigenvalue weighted by Crippen LogP contribution is -1.92. The Morgan fingerprint density at radius 1 is 1.70 bits per heavy atom. The molecule has 1 aromatic carbocycles. The van der Waals surface area contributed by atoms with Gasteiger partial charge in [-0.3, -0.25) is 0 Å². The molecule has 2 N–H and O–H groups in total. The molecule has 0 amide bonds. The molecule has 10 heavy (non-hydrogen) atoms. The van der Waals surface area contributed by atoms with Crippen molar-refractivity contribution in [2.45, 2.75) is 0 Å². The molecule has 0 radical (unpaired) electrons. The number of nitrogens with two attached hydrogens (primary N) is 1. The minimum atomic E-state index is -0.447. The van der Waals surface area contributed by atoms with E-state index >= 15 is 0 Å². The number of hydrogen-bond acceptors (Lipinski definition) is 2. The second kappa shape index (κ2) is 2.56. The predicted molar refractivity (Wildman–Crippen MR) is 37.4 cm³/mol. The van der Waals surface area contributed by atoms with Crippen LogP contribution in [0.15, 0.2) is 18.2 Å². The summed E-state index contributed by atoms with van der Waals surface area (Å²) in [5.41, 5.74) is 0.581. The maximum atomic E-state index is 12.6. The van der Waals surface area contributed by atoms with E-state index in [0.29, 0.717) is 5.72 Å². The average molecular weight is 143 g/mol. The zero-order chi connectivity index (χ0) is 9.14. The van der Waals surface area contributed by atoms with Crippen LogP contribution in [0, 0.1) is 5.82 Å². The van der Waals surface area contributed by atoms with Crippen molar-refractivity contribution in [3.8, 4) is 5.75 Å². The maximum absolute atomic E-state index is 12.6. The van der Waals surface area contributed by atoms with E-state index in [2.05, 4.69) is 0 Å². The van der Waals surface area contributed by atoms with E-state index in [9.17, 15) is 4.39 Å². The van der Waals surface area contributed by atoms with Crippen molar-refractivity contribution in [2.75, 3.05) is 12.8 Å². The van der Waals surface area contributed by atoms with Gasteiger partial charge in [0, 0.05) is 6.07 Å². The Morgan fingerprint density at radius 3 is 3.10 bits per heavy atom. The zero-order valence-corrected chi connectivity index (χ0v) is 5.47. The average Bonchev–Trinajstić information content (AvgIpc) is 2.03. The van der Waals surface area contributed by atoms with Gasteiger partial charge in [0.15, 0.2) is 2.82 Å². The molecule has 0 aliphatic heterocycles. The van der Waals surface area contributed by atoms with Crippen LogP contribution in [-0.2, 0) is 0 Å². The summed E-state index contributed by atoms with van der Waals surface area (Å²) in [5.74, 6) is -0.266. The number of anilines is 1. The van der Waals surface area contributed by atoms with E-state index in [1.807, 2.05) is 0 Å². The lowest BCUT2D eigenvalue weighted by atomic mass is 10.3. The summed E-state index contributed by atoms with van der Waals surface area (Å²) in [7, 11) is 1.36. The number of ether oxygens (including phenoxy) is 1. The molecule has 3 heteroatoms. The van der Waals surface area contributed by atoms with Crippen molar-refractivity contribution >= 4 is 5.69 Å². The number of halogens is 1. The third-order valence-corrected chi connectivity index (χ3v) is 1.14. The van der Waals surface area contributed by atoms with Crippen LogP contribution in [-0.4, -0.2) is 7.11 Å². The van der Waals surface area contributed by atoms with Crippen molar-refractivity contribution in [2.24, 2.45) is 0 Å². The van der Waals surface area contributed by atoms with Gasteiger partial charge in [-0.05, 0) is 12.1 Å². The number of nitrogen functional groups attached to an aromatic ring is 1. The van der Waals surface area contributed by atoms with Crippen LogP contribution >= 0.6 is 0 Å². The molecule has 0 spiro atoms. The van der Waals surface area contributed by atoms with E-state index in [1.165, 1.54) is 19.2 Å². The highest BCUT2D eigenvalue weighted by molar-refractivity contribution is 5.51. The molecule has 0 saturated heterocycles. The van der Waals surface area contributed by atoms with Crippen LogP contribution in [0.4, 0.5) is 10.1 Å². The zero-order valence-electron chi connectivity index (χ0n) is 7.47. The fourth-order valence-corrected chi connectivity index (χ4v) is 0.651. The van der Waals surface area contributed by atoms with Crippen molar-refractivity contribution in [1.82, 2.24) is 0 Å². The number of methoxy groups -OCH3 is 1. The van der Waals surface area contributed by atoms with Crippen LogP contribution in [0.25, 0.3) is 0 Å². The van der Waals surface area contributed by atoms with E-state index in [1.54, 1.807) is 0 Å². The summed E-state index contributed by atoms with van der Waals surface area (Å²) in [6.07, 6.45) is 0. The Bertz CT molecular complexity index is 280. The van der Waals surface area contributed by atoms with Gasteiger partial charge in [0.2, 0.25) is 0 Å². The molecule has 0 heterocycles. The Labute approximate surface area is 61.3 Å². The number of hydrogen-bond donors (Lipinski definition) is 1. The predicted octanol–water partition coefficient (Wildman–Crippen LogP) is 1.42. The standard InChI is InChI=1S/C7H8FNO/c1-10-7-4-5(8)2-3-6(7)9/h2-4H,9H2,1H3/i/hD2. The summed E-state index contributed by atoms with van der Waals surface area (Å²) in [4.78, 5) is 0. The van der Waals surface area contributed by atoms with Gasteiger partial charge in [-0.2, -0.15) is 0 Å². The first kappa shape index (κ1) is 4.55. The summed E-state index contributed by atoms with van der Waals surface area (Å²) in [6.45, 7) is 0. The first-order valence-electron chi connectivity index (χ1n) is 3.66. The van der Waals surface area contributed by atoms with Gasteiger partial charge < -0.3 is 10.5 Å². The van der Waals surface area contributed by atoms with E-state index in [4.69, 9.17) is 7.56 Å². The SMILES string of the molecule is [2H]N([2H])c1ccc(F)cc1OC. The lowest BCUT2D eigenvalue weighted by molar-refractivity contribution is 0.413. The van der Waals surface area contributed by atoms with Crippen LogP contribution in [0.3, 0.4) is 0 Å². The van der Waals surface area contributed by atoms with Gasteiger partial charge in [0.25, 0.3) is 0 Å². The molecule has 1 rings (SSSR count). The molecule has 54 valence electrons. The fourth-order valence-electron chi connectivity index (χ4n) is 0.651. The normalized spacial score (nSPS) is 11.8. The van der Waals surface area contributed by atoms with Crippen LogP contribution < -0.4 is 10.5 Å². The van der Waals surface area contributed by atoms with Gasteiger partial charge in [0.1, 0.15) is 11.6 Å². The van der Waals surface area contributed by atoms with Crippen molar-refractivity contribution in [1.29, 1.82) is 0 Å². The first-order valence-corrected chi connectivity index (χ1v) is 2.76. The summed E-state index contributed by atoms with van der Waals surface area (Å²) in [6, 6.07) is 3.62. The van der Waals surface area contributed by atoms with E-state index in [0.717, 1.165) is 6.07 Å². The quantitative estimate of drug-likeness (QED) is 0.635. The summed E-state index contributed by atoms with van der Waals surface area (Å²) < 4.78 is 31.2. The Balaban J connectivity index is 3.11. The second-order valence-corrected chi connectivity index (χ2v) is 1.82. The third-order valence-electron chi connectivity index (χ3n) is 1.14. The Kier molecular flexibility index (Phi) is 1.16. The molecule has 0 aliphatic carbocycles. The molecular weight excluding hydrogens is 133 g/mol. The highest BCUT2D eigenvalue weighted by Crippen LogP contribution is 2.20. The van der Waals surface area contributed by atoms with Gasteiger partial charge in [-0.1, -0.05) is 0 Å². The van der Waals surface area contributed by atoms with Gasteiger partial charge >= 0.3 is 0 Å². The molecule has 0 aliphatic rings. The van der Waals surface area contributed by atoms with Gasteiger partial charge in [-0.25, -0.2) is 4.39 Å². The highest BCUT2D eigenvalue weighted by atomic mass is 19.1. The molecule has 2 nitrogen and oxygen atoms in total. The largest absolute Gasteiger partial charge is 0.494 e. The Hall–Kier alpha value is -1.25. The fraction of sp³-hybridized carbons (Fsp3) is 0.143. The minimum absolute atomic E-state index is 0.181. The van der Waals surface area contributed by atoms with Gasteiger partial charge in [0.05, 0.1) is 12.8 Å². The molecule has 0 saturated carbocycles. The van der Waals surface area contributed by atoms with Gasteiger partial charge in [-0.15, -0.1) is 0 Å². The first-order chi connectivity index (χ1) is 5.65. The summed E-state index contributed by atoms with van der Waals surface area (Å²) in [5, 5.41) is 0. The molecular formula is C7H8FNO. The third kappa shape index (κ3) is 1.18. The van der Waals surface area contributed by atoms with Crippen LogP contribution in [0.5, 0.6) is 5.75 Å². The highest BCUT2D eigenvalue weighted by Gasteiger charge is 1.98. The Morgan fingerprint density at radius 2 is 2.50 bits per heavy atom. The van der Waals surface area contributed by atoms with E-state index < -0.39 is 5.82 Å². The van der Waals surface area contributed by atoms with Crippen molar-refractivity contribution in [3.63, 3.8) is 0 Å². The number of rotatable bonds is 2. The molecule has 0 bridgehead atoms. The molecule has 0 atom stereocenters. The second-order valence-electron chi connectivity index (χ2n) is 1.82. The molecule has 0 aromatic heterocycles. The van der Waals surface area contributed by atoms with Crippen molar-refractivity contribution in [3.05, 3.63) is 24.0 Å². The minimum Gasteiger partial charge on any atom is -0.494 e. The van der Waals surface area contributed by atoms with Crippen LogP contribution in [0.2, 0.25) is 2.82 Å². The smallest absolute Gasteiger partial charge is 0.156 e. The van der Waals surface area contributed by atoms with E-state index in [-0.39, 0.29) is 11.4 Å². The monoisotopic (exact) mass is 143 g/mol. The lowest BCUT2D eigenvalue weighted by Gasteiger charge is -2.01. The molecule has 0 fully saturated rings. The maximum Gasteiger partial charge on any atom is 0.156 e. The number of benzene rings is 1. The van der Waals surface area contributed by atoms with Crippen LogP contribution in [0.1, 0.15) is 0 Å². The topological polar surface area (TPSA) is 35.2 Å². The molecule has 0 unspecified atom stereocenters. The van der Waals surface area contributed by atoms with Crippen molar-refractivity contribution < 1.29 is 12.0 Å². The summed E-state index contributed by atoms with van der Waals surface area (Å²) >= 11 is 0.